The highest BCUT2D eigenvalue weighted by molar-refractivity contribution is 6.30. The molecule has 0 saturated heterocycles. The average Bonchev–Trinajstić information content (AvgIpc) is 2.77. The molecule has 3 rings (SSSR count). The van der Waals surface area contributed by atoms with E-state index < -0.39 is 5.82 Å². The number of carbonyl (C=O) groups excluding carboxylic acids is 1. The Bertz CT molecular complexity index is 894. The molecule has 0 saturated carbocycles. The van der Waals surface area contributed by atoms with Gasteiger partial charge in [-0.1, -0.05) is 31.5 Å². The maximum absolute atomic E-state index is 13.8. The second-order valence-corrected chi connectivity index (χ2v) is 7.76. The fourth-order valence-corrected chi connectivity index (χ4v) is 3.51. The van der Waals surface area contributed by atoms with Crippen molar-refractivity contribution in [1.29, 1.82) is 0 Å². The van der Waals surface area contributed by atoms with Crippen LogP contribution >= 0.6 is 11.6 Å². The first-order valence-electron chi connectivity index (χ1n) is 10.2. The molecule has 30 heavy (non-hydrogen) atoms. The van der Waals surface area contributed by atoms with Crippen LogP contribution in [0.5, 0.6) is 0 Å². The number of anilines is 1. The molecule has 0 fully saturated rings. The highest BCUT2D eigenvalue weighted by Gasteiger charge is 2.25. The van der Waals surface area contributed by atoms with Crippen molar-refractivity contribution in [2.45, 2.75) is 51.7 Å². The molecule has 2 unspecified atom stereocenters. The number of hydrogen-bond acceptors (Lipinski definition) is 5. The van der Waals surface area contributed by atoms with Gasteiger partial charge < -0.3 is 20.6 Å². The molecule has 9 heteroatoms. The average molecular weight is 436 g/mol. The minimum absolute atomic E-state index is 0.00479. The Morgan fingerprint density at radius 2 is 2.17 bits per heavy atom. The van der Waals surface area contributed by atoms with Gasteiger partial charge in [-0.3, -0.25) is 0 Å². The van der Waals surface area contributed by atoms with E-state index in [4.69, 9.17) is 11.6 Å². The third-order valence-corrected chi connectivity index (χ3v) is 5.64. The fourth-order valence-electron chi connectivity index (χ4n) is 3.40. The Labute approximate surface area is 180 Å². The zero-order chi connectivity index (χ0) is 21.7. The van der Waals surface area contributed by atoms with Gasteiger partial charge in [0, 0.05) is 12.7 Å². The van der Waals surface area contributed by atoms with E-state index in [1.165, 1.54) is 12.1 Å². The molecule has 2 heterocycles. The van der Waals surface area contributed by atoms with Crippen molar-refractivity contribution in [3.8, 4) is 0 Å². The number of fused-ring (bicyclic) bond motifs is 1. The number of carbonyl (C=O) groups is 1. The van der Waals surface area contributed by atoms with Crippen molar-refractivity contribution in [2.24, 2.45) is 0 Å². The molecule has 2 aromatic rings. The molecule has 7 nitrogen and oxygen atoms in total. The molecule has 2 amide bonds. The summed E-state index contributed by atoms with van der Waals surface area (Å²) in [5, 5.41) is 15.5. The lowest BCUT2D eigenvalue weighted by Crippen LogP contribution is -2.44. The van der Waals surface area contributed by atoms with Gasteiger partial charge in [0.25, 0.3) is 0 Å². The van der Waals surface area contributed by atoms with E-state index >= 15 is 0 Å². The summed E-state index contributed by atoms with van der Waals surface area (Å²) >= 11 is 5.76. The maximum Gasteiger partial charge on any atom is 0.318 e. The fraction of sp³-hybridized carbons (Fsp3) is 0.476. The molecular weight excluding hydrogens is 409 g/mol. The van der Waals surface area contributed by atoms with Crippen LogP contribution in [0.3, 0.4) is 0 Å². The predicted molar refractivity (Wildman–Crippen MR) is 114 cm³/mol. The van der Waals surface area contributed by atoms with Crippen molar-refractivity contribution >= 4 is 23.6 Å². The van der Waals surface area contributed by atoms with Crippen LogP contribution in [0.4, 0.5) is 15.1 Å². The van der Waals surface area contributed by atoms with Gasteiger partial charge in [-0.2, -0.15) is 0 Å². The summed E-state index contributed by atoms with van der Waals surface area (Å²) in [6.45, 7) is 4.80. The van der Waals surface area contributed by atoms with Crippen LogP contribution in [0, 0.1) is 5.82 Å². The number of benzene rings is 1. The summed E-state index contributed by atoms with van der Waals surface area (Å²) in [6, 6.07) is 3.93. The maximum atomic E-state index is 13.8. The van der Waals surface area contributed by atoms with Crippen LogP contribution < -0.4 is 10.6 Å². The molecule has 162 valence electrons. The number of rotatable bonds is 7. The van der Waals surface area contributed by atoms with E-state index in [-0.39, 0.29) is 29.7 Å². The number of hydrogen-bond donors (Lipinski definition) is 3. The van der Waals surface area contributed by atoms with Crippen LogP contribution in [0.1, 0.15) is 49.6 Å². The van der Waals surface area contributed by atoms with Crippen LogP contribution in [0.25, 0.3) is 0 Å². The molecule has 0 bridgehead atoms. The van der Waals surface area contributed by atoms with E-state index in [0.29, 0.717) is 37.4 Å². The highest BCUT2D eigenvalue weighted by Crippen LogP contribution is 2.24. The van der Waals surface area contributed by atoms with Gasteiger partial charge in [0.05, 0.1) is 36.0 Å². The zero-order valence-corrected chi connectivity index (χ0v) is 17.9. The summed E-state index contributed by atoms with van der Waals surface area (Å²) in [4.78, 5) is 23.4. The Morgan fingerprint density at radius 3 is 2.83 bits per heavy atom. The van der Waals surface area contributed by atoms with Gasteiger partial charge in [0.2, 0.25) is 5.95 Å². The predicted octanol–water partition coefficient (Wildman–Crippen LogP) is 3.67. The van der Waals surface area contributed by atoms with Crippen molar-refractivity contribution in [3.05, 3.63) is 52.1 Å². The second-order valence-electron chi connectivity index (χ2n) is 7.35. The van der Waals surface area contributed by atoms with Gasteiger partial charge in [-0.05, 0) is 42.5 Å². The van der Waals surface area contributed by atoms with E-state index in [2.05, 4.69) is 20.6 Å². The molecule has 0 aliphatic carbocycles. The number of aliphatic hydroxyl groups excluding tert-OH is 1. The molecule has 3 N–H and O–H groups in total. The molecule has 0 spiro atoms. The normalized spacial score (nSPS) is 15.3. The Morgan fingerprint density at radius 1 is 1.37 bits per heavy atom. The van der Waals surface area contributed by atoms with Crippen molar-refractivity contribution < 1.29 is 14.3 Å². The van der Waals surface area contributed by atoms with Crippen LogP contribution in [0.15, 0.2) is 24.4 Å². The second kappa shape index (κ2) is 10.0. The molecule has 1 aliphatic heterocycles. The van der Waals surface area contributed by atoms with Gasteiger partial charge in [0.1, 0.15) is 5.82 Å². The zero-order valence-electron chi connectivity index (χ0n) is 17.2. The number of aromatic nitrogens is 2. The van der Waals surface area contributed by atoms with Crippen LogP contribution in [-0.2, 0) is 13.0 Å². The molecule has 1 aromatic carbocycles. The lowest BCUT2D eigenvalue weighted by Gasteiger charge is -2.30. The van der Waals surface area contributed by atoms with Gasteiger partial charge in [-0.25, -0.2) is 19.2 Å². The van der Waals surface area contributed by atoms with Crippen LogP contribution in [0.2, 0.25) is 5.02 Å². The molecule has 2 atom stereocenters. The lowest BCUT2D eigenvalue weighted by atomic mass is 10.0. The minimum atomic E-state index is -0.501. The number of urea groups is 1. The molecule has 1 aromatic heterocycles. The number of nitrogens with one attached hydrogen (secondary N) is 2. The third-order valence-electron chi connectivity index (χ3n) is 5.33. The Hall–Kier alpha value is -2.45. The first kappa shape index (κ1) is 22.2. The van der Waals surface area contributed by atoms with E-state index in [0.717, 1.165) is 17.7 Å². The van der Waals surface area contributed by atoms with Crippen molar-refractivity contribution in [3.63, 3.8) is 0 Å². The molecule has 0 radical (unpaired) electrons. The Kier molecular flexibility index (Phi) is 7.44. The Balaban J connectivity index is 1.68. The first-order chi connectivity index (χ1) is 14.4. The summed E-state index contributed by atoms with van der Waals surface area (Å²) in [5.74, 6) is -0.0567. The van der Waals surface area contributed by atoms with Gasteiger partial charge in [-0.15, -0.1) is 0 Å². The largest absolute Gasteiger partial charge is 0.394 e. The first-order valence-corrected chi connectivity index (χ1v) is 10.6. The number of halogens is 2. The van der Waals surface area contributed by atoms with Gasteiger partial charge >= 0.3 is 6.03 Å². The highest BCUT2D eigenvalue weighted by atomic mass is 35.5. The monoisotopic (exact) mass is 435 g/mol. The van der Waals surface area contributed by atoms with Crippen molar-refractivity contribution in [1.82, 2.24) is 20.2 Å². The number of nitrogens with zero attached hydrogens (tertiary/aromatic N) is 3. The lowest BCUT2D eigenvalue weighted by molar-refractivity contribution is 0.187. The number of amides is 2. The topological polar surface area (TPSA) is 90.4 Å². The SMILES string of the molecule is CCC(CO)Nc1ncc2c(n1)CN(C(=O)NC(CC)c1ccc(Cl)c(F)c1)CC2. The van der Waals surface area contributed by atoms with Crippen molar-refractivity contribution in [2.75, 3.05) is 18.5 Å². The smallest absolute Gasteiger partial charge is 0.318 e. The van der Waals surface area contributed by atoms with Gasteiger partial charge in [0.15, 0.2) is 0 Å². The van der Waals surface area contributed by atoms with Crippen LogP contribution in [-0.4, -0.2) is 45.2 Å². The standard InChI is InChI=1S/C21H27ClFN5O2/c1-3-15(12-29)25-20-24-10-14-7-8-28(11-19(14)26-20)21(30)27-18(4-2)13-5-6-16(22)17(23)9-13/h5-6,9-10,15,18,29H,3-4,7-8,11-12H2,1-2H3,(H,27,30)(H,24,25,26). The van der Waals surface area contributed by atoms with E-state index in [1.54, 1.807) is 17.2 Å². The summed E-state index contributed by atoms with van der Waals surface area (Å²) in [7, 11) is 0. The molecule has 1 aliphatic rings. The molecular formula is C21H27ClFN5O2. The number of aliphatic hydroxyl groups is 1. The third kappa shape index (κ3) is 5.17. The summed E-state index contributed by atoms with van der Waals surface area (Å²) in [6.07, 6.45) is 3.80. The minimum Gasteiger partial charge on any atom is -0.394 e. The summed E-state index contributed by atoms with van der Waals surface area (Å²) < 4.78 is 13.8. The summed E-state index contributed by atoms with van der Waals surface area (Å²) in [5.41, 5.74) is 2.47. The quantitative estimate of drug-likeness (QED) is 0.617. The van der Waals surface area contributed by atoms with E-state index in [1.807, 2.05) is 13.8 Å². The van der Waals surface area contributed by atoms with E-state index in [9.17, 15) is 14.3 Å².